The summed E-state index contributed by atoms with van der Waals surface area (Å²) in [6, 6.07) is 0. The fourth-order valence-corrected chi connectivity index (χ4v) is 0.634. The van der Waals surface area contributed by atoms with Crippen LogP contribution in [-0.4, -0.2) is 50.6 Å². The van der Waals surface area contributed by atoms with Crippen molar-refractivity contribution < 1.29 is 37.4 Å². The molecule has 0 rings (SSSR count). The molecule has 0 fully saturated rings. The van der Waals surface area contributed by atoms with Gasteiger partial charge in [0.05, 0.1) is 0 Å². The number of nitrogens with one attached hydrogen (secondary N) is 2. The molecule has 0 unspecified atom stereocenters. The Morgan fingerprint density at radius 2 is 1.11 bits per heavy atom. The topological polar surface area (TPSA) is 111 Å². The summed E-state index contributed by atoms with van der Waals surface area (Å²) in [7, 11) is 0. The van der Waals surface area contributed by atoms with Gasteiger partial charge in [-0.05, 0) is 0 Å². The molecule has 102 valence electrons. The van der Waals surface area contributed by atoms with Crippen LogP contribution in [0, 0.1) is 0 Å². The lowest BCUT2D eigenvalue weighted by molar-refractivity contribution is -0.138. The molecule has 2 N–H and O–H groups in total. The predicted octanol–water partition coefficient (Wildman–Crippen LogP) is -0.569. The van der Waals surface area contributed by atoms with E-state index in [1.54, 1.807) is 0 Å². The lowest BCUT2D eigenvalue weighted by Gasteiger charge is -2.05. The summed E-state index contributed by atoms with van der Waals surface area (Å²) >= 11 is 0. The molecule has 0 aromatic heterocycles. The lowest BCUT2D eigenvalue weighted by Crippen LogP contribution is -2.45. The van der Waals surface area contributed by atoms with Crippen molar-refractivity contribution in [1.29, 1.82) is 0 Å². The summed E-state index contributed by atoms with van der Waals surface area (Å²) in [4.78, 5) is 43.3. The molecule has 0 aliphatic rings. The van der Waals surface area contributed by atoms with Crippen molar-refractivity contribution >= 4 is 24.0 Å². The second-order valence-corrected chi connectivity index (χ2v) is 2.56. The minimum absolute atomic E-state index is 0.584. The molecular weight excluding hydrogens is 258 g/mol. The number of alkyl halides is 2. The first-order chi connectivity index (χ1) is 8.51. The van der Waals surface area contributed by atoms with Gasteiger partial charge >= 0.3 is 24.0 Å². The Balaban J connectivity index is 3.99. The molecule has 0 saturated heterocycles. The van der Waals surface area contributed by atoms with E-state index in [2.05, 4.69) is 9.47 Å². The standard InChI is InChI=1S/C8H10F2N2O6/c9-1-3-17-7(15)11-5(13)6(14)12-8(16)18-4-2-10/h1-4H2,(H,11,13,15)(H,12,14,16). The third-order valence-electron chi connectivity index (χ3n) is 1.26. The highest BCUT2D eigenvalue weighted by Crippen LogP contribution is 1.82. The van der Waals surface area contributed by atoms with Gasteiger partial charge in [0, 0.05) is 0 Å². The molecule has 0 bridgehead atoms. The van der Waals surface area contributed by atoms with Crippen LogP contribution in [0.5, 0.6) is 0 Å². The fourth-order valence-electron chi connectivity index (χ4n) is 0.634. The van der Waals surface area contributed by atoms with Gasteiger partial charge in [-0.25, -0.2) is 18.4 Å². The maximum absolute atomic E-state index is 11.6. The number of carbonyl (C=O) groups is 4. The van der Waals surface area contributed by atoms with E-state index in [0.717, 1.165) is 0 Å². The van der Waals surface area contributed by atoms with Gasteiger partial charge in [-0.2, -0.15) is 0 Å². The number of halogens is 2. The van der Waals surface area contributed by atoms with Crippen molar-refractivity contribution in [3.8, 4) is 0 Å². The number of carbonyl (C=O) groups excluding carboxylic acids is 4. The first-order valence-electron chi connectivity index (χ1n) is 4.59. The summed E-state index contributed by atoms with van der Waals surface area (Å²) in [6.45, 7) is -3.08. The maximum Gasteiger partial charge on any atom is 0.414 e. The average Bonchev–Trinajstić information content (AvgIpc) is 2.33. The number of rotatable bonds is 4. The quantitative estimate of drug-likeness (QED) is 0.660. The minimum atomic E-state index is -1.50. The van der Waals surface area contributed by atoms with E-state index in [1.165, 1.54) is 10.6 Å². The van der Waals surface area contributed by atoms with Crippen LogP contribution in [0.15, 0.2) is 0 Å². The molecule has 8 nitrogen and oxygen atoms in total. The van der Waals surface area contributed by atoms with Crippen LogP contribution in [0.3, 0.4) is 0 Å². The van der Waals surface area contributed by atoms with Gasteiger partial charge in [0.25, 0.3) is 0 Å². The monoisotopic (exact) mass is 268 g/mol. The van der Waals surface area contributed by atoms with E-state index >= 15 is 0 Å². The number of amides is 4. The van der Waals surface area contributed by atoms with E-state index in [4.69, 9.17) is 0 Å². The Morgan fingerprint density at radius 1 is 0.778 bits per heavy atom. The molecule has 0 radical (unpaired) electrons. The first-order valence-corrected chi connectivity index (χ1v) is 4.59. The van der Waals surface area contributed by atoms with Gasteiger partial charge in [-0.3, -0.25) is 20.2 Å². The molecule has 0 spiro atoms. The molecule has 0 atom stereocenters. The van der Waals surface area contributed by atoms with Crippen molar-refractivity contribution in [2.24, 2.45) is 0 Å². The molecule has 0 heterocycles. The Morgan fingerprint density at radius 3 is 1.39 bits per heavy atom. The predicted molar refractivity (Wildman–Crippen MR) is 50.9 cm³/mol. The average molecular weight is 268 g/mol. The number of ether oxygens (including phenoxy) is 2. The minimum Gasteiger partial charge on any atom is -0.446 e. The number of hydrogen-bond acceptors (Lipinski definition) is 6. The van der Waals surface area contributed by atoms with E-state index in [0.29, 0.717) is 0 Å². The molecule has 0 aromatic rings. The third-order valence-corrected chi connectivity index (χ3v) is 1.26. The highest BCUT2D eigenvalue weighted by atomic mass is 19.1. The first kappa shape index (κ1) is 15.7. The maximum atomic E-state index is 11.6. The molecule has 0 aliphatic heterocycles. The van der Waals surface area contributed by atoms with E-state index < -0.39 is 50.6 Å². The SMILES string of the molecule is O=C(NC(=O)C(=O)NC(=O)OCCF)OCCF. The number of alkyl carbamates (subject to hydrolysis) is 2. The molecule has 0 aromatic carbocycles. The largest absolute Gasteiger partial charge is 0.446 e. The van der Waals surface area contributed by atoms with Gasteiger partial charge in [-0.1, -0.05) is 0 Å². The number of hydrogen-bond donors (Lipinski definition) is 2. The fraction of sp³-hybridized carbons (Fsp3) is 0.500. The summed E-state index contributed by atoms with van der Waals surface area (Å²) < 4.78 is 31.3. The van der Waals surface area contributed by atoms with Crippen LogP contribution < -0.4 is 10.6 Å². The Bertz CT molecular complexity index is 304. The van der Waals surface area contributed by atoms with Crippen LogP contribution in [0.25, 0.3) is 0 Å². The van der Waals surface area contributed by atoms with Gasteiger partial charge in [0.2, 0.25) is 0 Å². The molecule has 18 heavy (non-hydrogen) atoms. The van der Waals surface area contributed by atoms with Gasteiger partial charge in [0.15, 0.2) is 0 Å². The summed E-state index contributed by atoms with van der Waals surface area (Å²) in [5, 5.41) is 2.83. The van der Waals surface area contributed by atoms with Crippen molar-refractivity contribution in [2.75, 3.05) is 26.6 Å². The highest BCUT2D eigenvalue weighted by Gasteiger charge is 2.20. The summed E-state index contributed by atoms with van der Waals surface area (Å²) in [5.41, 5.74) is 0. The third kappa shape index (κ3) is 7.09. The van der Waals surface area contributed by atoms with Crippen molar-refractivity contribution in [2.45, 2.75) is 0 Å². The molecular formula is C8H10F2N2O6. The highest BCUT2D eigenvalue weighted by molar-refractivity contribution is 6.39. The van der Waals surface area contributed by atoms with Crippen LogP contribution in [-0.2, 0) is 19.1 Å². The van der Waals surface area contributed by atoms with Gasteiger partial charge in [0.1, 0.15) is 26.6 Å². The molecule has 0 aliphatic carbocycles. The molecule has 10 heteroatoms. The van der Waals surface area contributed by atoms with Crippen molar-refractivity contribution in [1.82, 2.24) is 10.6 Å². The van der Waals surface area contributed by atoms with Crippen LogP contribution in [0.4, 0.5) is 18.4 Å². The van der Waals surface area contributed by atoms with Crippen LogP contribution in [0.2, 0.25) is 0 Å². The van der Waals surface area contributed by atoms with E-state index in [1.807, 2.05) is 0 Å². The van der Waals surface area contributed by atoms with Crippen molar-refractivity contribution in [3.63, 3.8) is 0 Å². The van der Waals surface area contributed by atoms with Crippen LogP contribution in [0.1, 0.15) is 0 Å². The van der Waals surface area contributed by atoms with E-state index in [9.17, 15) is 28.0 Å². The Hall–Kier alpha value is -2.26. The van der Waals surface area contributed by atoms with Gasteiger partial charge in [-0.15, -0.1) is 0 Å². The molecule has 4 amide bonds. The summed E-state index contributed by atoms with van der Waals surface area (Å²) in [6.07, 6.45) is -2.69. The zero-order valence-electron chi connectivity index (χ0n) is 9.03. The Labute approximate surface area is 99.6 Å². The van der Waals surface area contributed by atoms with E-state index in [-0.39, 0.29) is 0 Å². The smallest absolute Gasteiger partial charge is 0.414 e. The second kappa shape index (κ2) is 8.84. The summed E-state index contributed by atoms with van der Waals surface area (Å²) in [5.74, 6) is -3.01. The van der Waals surface area contributed by atoms with Gasteiger partial charge < -0.3 is 9.47 Å². The number of imide groups is 2. The zero-order valence-corrected chi connectivity index (χ0v) is 9.03. The second-order valence-electron chi connectivity index (χ2n) is 2.56. The Kier molecular flexibility index (Phi) is 7.73. The lowest BCUT2D eigenvalue weighted by atomic mass is 10.5. The molecule has 0 saturated carbocycles. The normalized spacial score (nSPS) is 9.22. The zero-order chi connectivity index (χ0) is 14.0. The van der Waals surface area contributed by atoms with Crippen LogP contribution >= 0.6 is 0 Å². The van der Waals surface area contributed by atoms with Crippen molar-refractivity contribution in [3.05, 3.63) is 0 Å².